The second-order valence-corrected chi connectivity index (χ2v) is 4.92. The van der Waals surface area contributed by atoms with Gasteiger partial charge in [-0.1, -0.05) is 26.8 Å². The Morgan fingerprint density at radius 3 is 2.43 bits per heavy atom. The fourth-order valence-corrected chi connectivity index (χ4v) is 1.15. The summed E-state index contributed by atoms with van der Waals surface area (Å²) in [7, 11) is 0. The van der Waals surface area contributed by atoms with Crippen molar-refractivity contribution in [1.29, 1.82) is 5.26 Å². The van der Waals surface area contributed by atoms with Crippen LogP contribution in [-0.4, -0.2) is 24.0 Å². The van der Waals surface area contributed by atoms with Gasteiger partial charge in [0, 0.05) is 12.6 Å². The molecule has 0 radical (unpaired) electrons. The molecule has 0 bridgehead atoms. The predicted octanol–water partition coefficient (Wildman–Crippen LogP) is 2.82. The molecule has 1 atom stereocenters. The van der Waals surface area contributed by atoms with Crippen molar-refractivity contribution in [2.75, 3.05) is 13.1 Å². The van der Waals surface area contributed by atoms with E-state index in [-0.39, 0.29) is 6.04 Å². The first kappa shape index (κ1) is 13.2. The molecule has 0 aliphatic heterocycles. The van der Waals surface area contributed by atoms with Gasteiger partial charge >= 0.3 is 0 Å². The molecule has 0 aromatic heterocycles. The number of hydrogen-bond donors (Lipinski definition) is 0. The van der Waals surface area contributed by atoms with Crippen LogP contribution in [0.15, 0.2) is 12.7 Å². The first-order valence-corrected chi connectivity index (χ1v) is 5.14. The Morgan fingerprint density at radius 1 is 1.50 bits per heavy atom. The molecule has 1 unspecified atom stereocenters. The summed E-state index contributed by atoms with van der Waals surface area (Å²) >= 11 is 0. The first-order valence-electron chi connectivity index (χ1n) is 5.14. The van der Waals surface area contributed by atoms with E-state index in [1.54, 1.807) is 0 Å². The quantitative estimate of drug-likeness (QED) is 0.497. The van der Waals surface area contributed by atoms with Gasteiger partial charge in [0.2, 0.25) is 0 Å². The highest BCUT2D eigenvalue weighted by molar-refractivity contribution is 4.89. The second kappa shape index (κ2) is 5.82. The van der Waals surface area contributed by atoms with E-state index in [0.717, 1.165) is 13.0 Å². The van der Waals surface area contributed by atoms with Crippen LogP contribution in [0, 0.1) is 16.7 Å². The maximum atomic E-state index is 8.68. The third kappa shape index (κ3) is 5.77. The molecule has 0 amide bonds. The largest absolute Gasteiger partial charge is 0.284 e. The van der Waals surface area contributed by atoms with Gasteiger partial charge in [0.15, 0.2) is 0 Å². The summed E-state index contributed by atoms with van der Waals surface area (Å²) in [5, 5.41) is 8.68. The Labute approximate surface area is 88.2 Å². The zero-order valence-corrected chi connectivity index (χ0v) is 9.88. The zero-order valence-electron chi connectivity index (χ0n) is 9.88. The lowest BCUT2D eigenvalue weighted by Gasteiger charge is -2.28. The van der Waals surface area contributed by atoms with Crippen molar-refractivity contribution in [1.82, 2.24) is 4.90 Å². The third-order valence-corrected chi connectivity index (χ3v) is 2.34. The fourth-order valence-electron chi connectivity index (χ4n) is 1.15. The van der Waals surface area contributed by atoms with Crippen LogP contribution in [0.5, 0.6) is 0 Å². The topological polar surface area (TPSA) is 27.0 Å². The van der Waals surface area contributed by atoms with Crippen LogP contribution in [0.3, 0.4) is 0 Å². The monoisotopic (exact) mass is 194 g/mol. The van der Waals surface area contributed by atoms with Crippen LogP contribution in [0.2, 0.25) is 0 Å². The van der Waals surface area contributed by atoms with Gasteiger partial charge < -0.3 is 0 Å². The van der Waals surface area contributed by atoms with Crippen LogP contribution >= 0.6 is 0 Å². The molecule has 2 nitrogen and oxygen atoms in total. The smallest absolute Gasteiger partial charge is 0.0870 e. The summed E-state index contributed by atoms with van der Waals surface area (Å²) in [6.07, 6.45) is 2.99. The molecule has 14 heavy (non-hydrogen) atoms. The van der Waals surface area contributed by atoms with Crippen molar-refractivity contribution in [3.63, 3.8) is 0 Å². The van der Waals surface area contributed by atoms with Gasteiger partial charge in [-0.05, 0) is 18.8 Å². The molecule has 0 aliphatic carbocycles. The molecule has 80 valence electrons. The maximum Gasteiger partial charge on any atom is 0.0870 e. The average molecular weight is 194 g/mol. The molecule has 0 rings (SSSR count). The van der Waals surface area contributed by atoms with E-state index >= 15 is 0 Å². The van der Waals surface area contributed by atoms with Crippen LogP contribution in [-0.2, 0) is 0 Å². The van der Waals surface area contributed by atoms with Gasteiger partial charge in [-0.3, -0.25) is 4.90 Å². The standard InChI is InChI=1S/C12H22N2/c1-6-11(2)14(10-8-13)9-7-12(3,4)5/h6,11H,1,7,9-10H2,2-5H3. The summed E-state index contributed by atoms with van der Waals surface area (Å²) < 4.78 is 0. The Bertz CT molecular complexity index is 207. The van der Waals surface area contributed by atoms with E-state index in [0.29, 0.717) is 12.0 Å². The van der Waals surface area contributed by atoms with Crippen LogP contribution in [0.25, 0.3) is 0 Å². The zero-order chi connectivity index (χ0) is 11.2. The van der Waals surface area contributed by atoms with E-state index in [1.165, 1.54) is 0 Å². The van der Waals surface area contributed by atoms with Crippen LogP contribution in [0.1, 0.15) is 34.1 Å². The Morgan fingerprint density at radius 2 is 2.07 bits per heavy atom. The molecule has 0 saturated carbocycles. The van der Waals surface area contributed by atoms with E-state index in [2.05, 4.69) is 45.2 Å². The van der Waals surface area contributed by atoms with Crippen LogP contribution in [0.4, 0.5) is 0 Å². The lowest BCUT2D eigenvalue weighted by Crippen LogP contribution is -2.34. The molecule has 0 saturated heterocycles. The predicted molar refractivity (Wildman–Crippen MR) is 60.9 cm³/mol. The minimum absolute atomic E-state index is 0.289. The Balaban J connectivity index is 4.11. The highest BCUT2D eigenvalue weighted by Crippen LogP contribution is 2.19. The first-order chi connectivity index (χ1) is 6.40. The molecule has 0 N–H and O–H groups in total. The Kier molecular flexibility index (Phi) is 5.49. The second-order valence-electron chi connectivity index (χ2n) is 4.92. The highest BCUT2D eigenvalue weighted by atomic mass is 15.1. The number of rotatable bonds is 5. The molecule has 0 aromatic rings. The minimum Gasteiger partial charge on any atom is -0.284 e. The van der Waals surface area contributed by atoms with Crippen molar-refractivity contribution in [2.45, 2.75) is 40.2 Å². The summed E-state index contributed by atoms with van der Waals surface area (Å²) in [6, 6.07) is 2.49. The lowest BCUT2D eigenvalue weighted by molar-refractivity contribution is 0.224. The summed E-state index contributed by atoms with van der Waals surface area (Å²) in [4.78, 5) is 2.15. The fraction of sp³-hybridized carbons (Fsp3) is 0.750. The maximum absolute atomic E-state index is 8.68. The van der Waals surface area contributed by atoms with E-state index < -0.39 is 0 Å². The summed E-state index contributed by atoms with van der Waals surface area (Å²) in [5.41, 5.74) is 0.328. The van der Waals surface area contributed by atoms with E-state index in [9.17, 15) is 0 Å². The average Bonchev–Trinajstić information content (AvgIpc) is 2.09. The van der Waals surface area contributed by atoms with Gasteiger partial charge in [0.25, 0.3) is 0 Å². The van der Waals surface area contributed by atoms with Gasteiger partial charge in [0.1, 0.15) is 0 Å². The minimum atomic E-state index is 0.289. The van der Waals surface area contributed by atoms with Crippen molar-refractivity contribution in [2.24, 2.45) is 5.41 Å². The van der Waals surface area contributed by atoms with Gasteiger partial charge in [-0.25, -0.2) is 0 Å². The van der Waals surface area contributed by atoms with Crippen molar-refractivity contribution < 1.29 is 0 Å². The molecular formula is C12H22N2. The summed E-state index contributed by atoms with van der Waals surface area (Å²) in [6.45, 7) is 13.9. The molecular weight excluding hydrogens is 172 g/mol. The number of nitrogens with zero attached hydrogens (tertiary/aromatic N) is 2. The molecule has 0 fully saturated rings. The van der Waals surface area contributed by atoms with E-state index in [4.69, 9.17) is 5.26 Å². The van der Waals surface area contributed by atoms with E-state index in [1.807, 2.05) is 6.08 Å². The lowest BCUT2D eigenvalue weighted by atomic mass is 9.92. The van der Waals surface area contributed by atoms with Gasteiger partial charge in [-0.15, -0.1) is 6.58 Å². The molecule has 0 aromatic carbocycles. The molecule has 0 spiro atoms. The molecule has 0 heterocycles. The SMILES string of the molecule is C=CC(C)N(CC#N)CCC(C)(C)C. The molecule has 0 aliphatic rings. The third-order valence-electron chi connectivity index (χ3n) is 2.34. The summed E-state index contributed by atoms with van der Waals surface area (Å²) in [5.74, 6) is 0. The highest BCUT2D eigenvalue weighted by Gasteiger charge is 2.15. The van der Waals surface area contributed by atoms with Crippen molar-refractivity contribution >= 4 is 0 Å². The molecule has 2 heteroatoms. The van der Waals surface area contributed by atoms with Gasteiger partial charge in [0.05, 0.1) is 12.6 Å². The normalized spacial score (nSPS) is 13.7. The van der Waals surface area contributed by atoms with Crippen LogP contribution < -0.4 is 0 Å². The van der Waals surface area contributed by atoms with Crippen molar-refractivity contribution in [3.05, 3.63) is 12.7 Å². The number of hydrogen-bond acceptors (Lipinski definition) is 2. The Hall–Kier alpha value is -0.810. The number of nitriles is 1. The van der Waals surface area contributed by atoms with Crippen molar-refractivity contribution in [3.8, 4) is 6.07 Å². The van der Waals surface area contributed by atoms with Gasteiger partial charge in [-0.2, -0.15) is 5.26 Å².